The van der Waals surface area contributed by atoms with Crippen molar-refractivity contribution in [1.29, 1.82) is 0 Å². The van der Waals surface area contributed by atoms with Gasteiger partial charge in [-0.3, -0.25) is 0 Å². The molecule has 2 unspecified atom stereocenters. The molecular formula is C15H23FN2O2S. The van der Waals surface area contributed by atoms with Crippen molar-refractivity contribution < 1.29 is 12.8 Å². The molecule has 118 valence electrons. The molecule has 0 spiro atoms. The zero-order chi connectivity index (χ0) is 15.5. The average Bonchev–Trinajstić information content (AvgIpc) is 3.22. The minimum atomic E-state index is -3.34. The summed E-state index contributed by atoms with van der Waals surface area (Å²) in [5.41, 5.74) is 0.912. The molecule has 0 heterocycles. The van der Waals surface area contributed by atoms with Crippen LogP contribution in [0.3, 0.4) is 0 Å². The molecule has 1 aliphatic rings. The number of hydrogen-bond acceptors (Lipinski definition) is 3. The number of hydrogen-bond donors (Lipinski definition) is 2. The van der Waals surface area contributed by atoms with Gasteiger partial charge in [-0.1, -0.05) is 12.1 Å². The van der Waals surface area contributed by atoms with Crippen LogP contribution in [-0.2, 0) is 16.4 Å². The molecule has 2 atom stereocenters. The Bertz CT molecular complexity index is 556. The molecule has 2 rings (SSSR count). The maximum absolute atomic E-state index is 12.8. The summed E-state index contributed by atoms with van der Waals surface area (Å²) in [7, 11) is -3.34. The van der Waals surface area contributed by atoms with Gasteiger partial charge in [0.15, 0.2) is 0 Å². The molecule has 0 amide bonds. The van der Waals surface area contributed by atoms with Gasteiger partial charge < -0.3 is 5.32 Å². The number of sulfonamides is 1. The Morgan fingerprint density at radius 1 is 1.24 bits per heavy atom. The van der Waals surface area contributed by atoms with Crippen LogP contribution in [0.1, 0.15) is 32.3 Å². The molecule has 1 aromatic carbocycles. The molecule has 1 saturated carbocycles. The Labute approximate surface area is 126 Å². The second-order valence-corrected chi connectivity index (χ2v) is 8.02. The van der Waals surface area contributed by atoms with E-state index in [0.717, 1.165) is 18.4 Å². The van der Waals surface area contributed by atoms with Crippen LogP contribution >= 0.6 is 0 Å². The highest BCUT2D eigenvalue weighted by Crippen LogP contribution is 2.18. The second kappa shape index (κ2) is 6.85. The molecule has 2 N–H and O–H groups in total. The molecule has 1 aliphatic carbocycles. The highest BCUT2D eigenvalue weighted by molar-refractivity contribution is 7.90. The first-order valence-electron chi connectivity index (χ1n) is 7.36. The summed E-state index contributed by atoms with van der Waals surface area (Å²) in [6, 6.07) is 6.41. The minimum Gasteiger partial charge on any atom is -0.313 e. The highest BCUT2D eigenvalue weighted by Gasteiger charge is 2.26. The first kappa shape index (κ1) is 16.4. The standard InChI is InChI=1S/C15H23FN2O2S/c1-11(9-13-3-5-14(16)6-4-13)18-21(19,20)12(2)10-17-15-7-8-15/h3-6,11-12,15,17-18H,7-10H2,1-2H3. The Morgan fingerprint density at radius 2 is 1.86 bits per heavy atom. The van der Waals surface area contributed by atoms with Gasteiger partial charge in [0.2, 0.25) is 10.0 Å². The number of benzene rings is 1. The maximum Gasteiger partial charge on any atom is 0.215 e. The van der Waals surface area contributed by atoms with Crippen molar-refractivity contribution >= 4 is 10.0 Å². The van der Waals surface area contributed by atoms with Crippen LogP contribution < -0.4 is 10.0 Å². The molecule has 0 saturated heterocycles. The lowest BCUT2D eigenvalue weighted by Gasteiger charge is -2.19. The number of halogens is 1. The van der Waals surface area contributed by atoms with E-state index in [-0.39, 0.29) is 11.9 Å². The van der Waals surface area contributed by atoms with Gasteiger partial charge in [-0.25, -0.2) is 17.5 Å². The molecule has 1 aromatic rings. The zero-order valence-corrected chi connectivity index (χ0v) is 13.3. The fourth-order valence-corrected chi connectivity index (χ4v) is 3.33. The summed E-state index contributed by atoms with van der Waals surface area (Å²) in [4.78, 5) is 0. The summed E-state index contributed by atoms with van der Waals surface area (Å²) in [6.07, 6.45) is 2.82. The SMILES string of the molecule is CC(Cc1ccc(F)cc1)NS(=O)(=O)C(C)CNC1CC1. The molecule has 0 radical (unpaired) electrons. The van der Waals surface area contributed by atoms with Crippen LogP contribution in [0.5, 0.6) is 0 Å². The Hall–Kier alpha value is -0.980. The van der Waals surface area contributed by atoms with Crippen molar-refractivity contribution in [2.45, 2.75) is 50.4 Å². The van der Waals surface area contributed by atoms with Crippen LogP contribution in [0.25, 0.3) is 0 Å². The maximum atomic E-state index is 12.8. The predicted molar refractivity (Wildman–Crippen MR) is 82.1 cm³/mol. The Kier molecular flexibility index (Phi) is 5.35. The van der Waals surface area contributed by atoms with Crippen molar-refractivity contribution in [3.63, 3.8) is 0 Å². The lowest BCUT2D eigenvalue weighted by Crippen LogP contribution is -2.43. The normalized spacial score (nSPS) is 18.4. The largest absolute Gasteiger partial charge is 0.313 e. The summed E-state index contributed by atoms with van der Waals surface area (Å²) >= 11 is 0. The first-order valence-corrected chi connectivity index (χ1v) is 8.90. The molecule has 4 nitrogen and oxygen atoms in total. The molecule has 1 fully saturated rings. The smallest absolute Gasteiger partial charge is 0.215 e. The van der Waals surface area contributed by atoms with Crippen molar-refractivity contribution in [1.82, 2.24) is 10.0 Å². The van der Waals surface area contributed by atoms with Crippen LogP contribution in [0.4, 0.5) is 4.39 Å². The monoisotopic (exact) mass is 314 g/mol. The van der Waals surface area contributed by atoms with Gasteiger partial charge in [0.1, 0.15) is 5.82 Å². The number of nitrogens with one attached hydrogen (secondary N) is 2. The zero-order valence-electron chi connectivity index (χ0n) is 12.5. The van der Waals surface area contributed by atoms with Crippen LogP contribution in [0, 0.1) is 5.82 Å². The third kappa shape index (κ3) is 5.37. The average molecular weight is 314 g/mol. The summed E-state index contributed by atoms with van der Waals surface area (Å²) in [5, 5.41) is 2.77. The van der Waals surface area contributed by atoms with Gasteiger partial charge in [-0.15, -0.1) is 0 Å². The van der Waals surface area contributed by atoms with Gasteiger partial charge in [-0.2, -0.15) is 0 Å². The van der Waals surface area contributed by atoms with Gasteiger partial charge in [0.25, 0.3) is 0 Å². The van der Waals surface area contributed by atoms with E-state index >= 15 is 0 Å². The fourth-order valence-electron chi connectivity index (χ4n) is 2.14. The Balaban J connectivity index is 1.84. The first-order chi connectivity index (χ1) is 9.87. The molecule has 21 heavy (non-hydrogen) atoms. The van der Waals surface area contributed by atoms with Crippen molar-refractivity contribution in [2.24, 2.45) is 0 Å². The van der Waals surface area contributed by atoms with Crippen LogP contribution in [0.2, 0.25) is 0 Å². The summed E-state index contributed by atoms with van der Waals surface area (Å²) in [6.45, 7) is 4.01. The van der Waals surface area contributed by atoms with Crippen molar-refractivity contribution in [3.8, 4) is 0 Å². The molecular weight excluding hydrogens is 291 g/mol. The fraction of sp³-hybridized carbons (Fsp3) is 0.600. The minimum absolute atomic E-state index is 0.219. The van der Waals surface area contributed by atoms with Gasteiger partial charge >= 0.3 is 0 Å². The van der Waals surface area contributed by atoms with E-state index in [1.165, 1.54) is 12.1 Å². The predicted octanol–water partition coefficient (Wildman–Crippen LogP) is 1.82. The van der Waals surface area contributed by atoms with E-state index < -0.39 is 15.3 Å². The topological polar surface area (TPSA) is 58.2 Å². The lowest BCUT2D eigenvalue weighted by atomic mass is 10.1. The van der Waals surface area contributed by atoms with Crippen LogP contribution in [0.15, 0.2) is 24.3 Å². The second-order valence-electron chi connectivity index (χ2n) is 5.89. The molecule has 0 aliphatic heterocycles. The Morgan fingerprint density at radius 3 is 2.43 bits per heavy atom. The third-order valence-corrected chi connectivity index (χ3v) is 5.58. The molecule has 0 bridgehead atoms. The van der Waals surface area contributed by atoms with E-state index in [9.17, 15) is 12.8 Å². The van der Waals surface area contributed by atoms with Crippen LogP contribution in [-0.4, -0.2) is 32.3 Å². The van der Waals surface area contributed by atoms with E-state index in [1.807, 2.05) is 6.92 Å². The van der Waals surface area contributed by atoms with E-state index in [4.69, 9.17) is 0 Å². The highest BCUT2D eigenvalue weighted by atomic mass is 32.2. The van der Waals surface area contributed by atoms with Crippen molar-refractivity contribution in [2.75, 3.05) is 6.54 Å². The van der Waals surface area contributed by atoms with Gasteiger partial charge in [-0.05, 0) is 50.8 Å². The third-order valence-electron chi connectivity index (χ3n) is 3.62. The van der Waals surface area contributed by atoms with E-state index in [1.54, 1.807) is 19.1 Å². The summed E-state index contributed by atoms with van der Waals surface area (Å²) < 4.78 is 40.0. The number of rotatable bonds is 8. The quantitative estimate of drug-likeness (QED) is 0.769. The summed E-state index contributed by atoms with van der Waals surface area (Å²) in [5.74, 6) is -0.285. The van der Waals surface area contributed by atoms with Gasteiger partial charge in [0.05, 0.1) is 5.25 Å². The lowest BCUT2D eigenvalue weighted by molar-refractivity contribution is 0.538. The molecule has 6 heteroatoms. The van der Waals surface area contributed by atoms with Gasteiger partial charge in [0, 0.05) is 18.6 Å². The molecule has 0 aromatic heterocycles. The van der Waals surface area contributed by atoms with E-state index in [2.05, 4.69) is 10.0 Å². The van der Waals surface area contributed by atoms with Crippen molar-refractivity contribution in [3.05, 3.63) is 35.6 Å². The van der Waals surface area contributed by atoms with E-state index in [0.29, 0.717) is 19.0 Å².